The van der Waals surface area contributed by atoms with E-state index in [0.717, 1.165) is 5.69 Å². The third-order valence-corrected chi connectivity index (χ3v) is 2.70. The van der Waals surface area contributed by atoms with Crippen LogP contribution in [0, 0.1) is 6.92 Å². The minimum absolute atomic E-state index is 0.528. The summed E-state index contributed by atoms with van der Waals surface area (Å²) >= 11 is 0. The maximum atomic E-state index is 5.51. The molecule has 0 radical (unpaired) electrons. The van der Waals surface area contributed by atoms with Gasteiger partial charge in [-0.2, -0.15) is 0 Å². The molecule has 4 nitrogen and oxygen atoms in total. The third kappa shape index (κ3) is 2.07. The molecule has 1 fully saturated rings. The zero-order valence-electron chi connectivity index (χ0n) is 8.69. The summed E-state index contributed by atoms with van der Waals surface area (Å²) in [6, 6.07) is 2.34. The Balaban J connectivity index is 1.82. The topological polar surface area (TPSA) is 38.5 Å². The smallest absolute Gasteiger partial charge is 0.311 e. The van der Waals surface area contributed by atoms with Crippen molar-refractivity contribution >= 4 is 0 Å². The first-order valence-corrected chi connectivity index (χ1v) is 5.02. The number of likely N-dealkylation sites (N-methyl/N-ethyl adjacent to an activating group) is 1. The third-order valence-electron chi connectivity index (χ3n) is 2.70. The van der Waals surface area contributed by atoms with Crippen LogP contribution in [0.25, 0.3) is 0 Å². The standard InChI is InChI=1S/C10H16N2O2/c1-8-6-10(14-11-8)13-7-9-4-3-5-12(9)2/h6,9H,3-5,7H2,1-2H3/t9-/m0/s1. The lowest BCUT2D eigenvalue weighted by Crippen LogP contribution is -2.30. The quantitative estimate of drug-likeness (QED) is 0.733. The van der Waals surface area contributed by atoms with Crippen molar-refractivity contribution in [2.24, 2.45) is 0 Å². The van der Waals surface area contributed by atoms with Crippen LogP contribution in [0.3, 0.4) is 0 Å². The molecule has 4 heteroatoms. The molecule has 2 heterocycles. The van der Waals surface area contributed by atoms with Crippen molar-refractivity contribution in [1.29, 1.82) is 0 Å². The molecule has 0 aromatic carbocycles. The lowest BCUT2D eigenvalue weighted by molar-refractivity contribution is 0.155. The highest BCUT2D eigenvalue weighted by Crippen LogP contribution is 2.17. The van der Waals surface area contributed by atoms with Gasteiger partial charge in [0.25, 0.3) is 0 Å². The van der Waals surface area contributed by atoms with Crippen LogP contribution in [0.15, 0.2) is 10.6 Å². The van der Waals surface area contributed by atoms with Gasteiger partial charge in [-0.05, 0) is 33.4 Å². The average Bonchev–Trinajstić information content (AvgIpc) is 2.72. The summed E-state index contributed by atoms with van der Waals surface area (Å²) in [4.78, 5) is 2.32. The highest BCUT2D eigenvalue weighted by Gasteiger charge is 2.21. The number of aryl methyl sites for hydroxylation is 1. The normalized spacial score (nSPS) is 22.9. The minimum atomic E-state index is 0.528. The monoisotopic (exact) mass is 196 g/mol. The van der Waals surface area contributed by atoms with E-state index in [1.807, 2.05) is 13.0 Å². The van der Waals surface area contributed by atoms with E-state index in [1.165, 1.54) is 19.4 Å². The van der Waals surface area contributed by atoms with Crippen LogP contribution in [0.1, 0.15) is 18.5 Å². The maximum absolute atomic E-state index is 5.51. The molecule has 1 aromatic heterocycles. The molecule has 0 saturated carbocycles. The summed E-state index contributed by atoms with van der Waals surface area (Å²) in [5.41, 5.74) is 0.861. The predicted molar refractivity (Wildman–Crippen MR) is 52.4 cm³/mol. The molecule has 1 aliphatic heterocycles. The van der Waals surface area contributed by atoms with Gasteiger partial charge in [0.15, 0.2) is 0 Å². The number of hydrogen-bond donors (Lipinski definition) is 0. The van der Waals surface area contributed by atoms with Crippen LogP contribution >= 0.6 is 0 Å². The number of hydrogen-bond acceptors (Lipinski definition) is 4. The highest BCUT2D eigenvalue weighted by atomic mass is 16.6. The summed E-state index contributed by atoms with van der Waals surface area (Å²) < 4.78 is 10.5. The molecule has 0 N–H and O–H groups in total. The van der Waals surface area contributed by atoms with E-state index in [-0.39, 0.29) is 0 Å². The van der Waals surface area contributed by atoms with Crippen molar-refractivity contribution < 1.29 is 9.26 Å². The van der Waals surface area contributed by atoms with E-state index in [1.54, 1.807) is 0 Å². The highest BCUT2D eigenvalue weighted by molar-refractivity contribution is 5.08. The second-order valence-corrected chi connectivity index (χ2v) is 3.87. The Morgan fingerprint density at radius 2 is 2.57 bits per heavy atom. The first-order valence-electron chi connectivity index (χ1n) is 5.02. The molecular weight excluding hydrogens is 180 g/mol. The molecule has 78 valence electrons. The lowest BCUT2D eigenvalue weighted by Gasteiger charge is -2.18. The SMILES string of the molecule is Cc1cc(OC[C@@H]2CCCN2C)on1. The van der Waals surface area contributed by atoms with Gasteiger partial charge >= 0.3 is 5.95 Å². The second kappa shape index (κ2) is 4.00. The molecule has 0 spiro atoms. The van der Waals surface area contributed by atoms with Gasteiger partial charge in [0.2, 0.25) is 0 Å². The zero-order chi connectivity index (χ0) is 9.97. The van der Waals surface area contributed by atoms with Gasteiger partial charge < -0.3 is 14.2 Å². The molecule has 2 rings (SSSR count). The molecule has 1 aliphatic rings. The van der Waals surface area contributed by atoms with Crippen molar-refractivity contribution in [2.45, 2.75) is 25.8 Å². The Morgan fingerprint density at radius 1 is 1.71 bits per heavy atom. The van der Waals surface area contributed by atoms with Crippen LogP contribution in [0.5, 0.6) is 5.95 Å². The van der Waals surface area contributed by atoms with E-state index >= 15 is 0 Å². The Kier molecular flexibility index (Phi) is 2.72. The molecule has 0 aliphatic carbocycles. The van der Waals surface area contributed by atoms with Gasteiger partial charge in [-0.25, -0.2) is 0 Å². The summed E-state index contributed by atoms with van der Waals surface area (Å²) in [7, 11) is 2.13. The van der Waals surface area contributed by atoms with E-state index in [0.29, 0.717) is 18.6 Å². The van der Waals surface area contributed by atoms with Gasteiger partial charge in [0, 0.05) is 12.1 Å². The maximum Gasteiger partial charge on any atom is 0.311 e. The molecule has 1 aromatic rings. The second-order valence-electron chi connectivity index (χ2n) is 3.87. The van der Waals surface area contributed by atoms with Crippen molar-refractivity contribution in [3.63, 3.8) is 0 Å². The minimum Gasteiger partial charge on any atom is -0.462 e. The lowest BCUT2D eigenvalue weighted by atomic mass is 10.2. The Bertz CT molecular complexity index is 298. The Hall–Kier alpha value is -1.03. The number of nitrogens with zero attached hydrogens (tertiary/aromatic N) is 2. The summed E-state index contributed by atoms with van der Waals surface area (Å²) in [6.45, 7) is 3.76. The Labute approximate surface area is 83.8 Å². The van der Waals surface area contributed by atoms with Crippen LogP contribution in [0.4, 0.5) is 0 Å². The van der Waals surface area contributed by atoms with E-state index in [2.05, 4.69) is 17.1 Å². The van der Waals surface area contributed by atoms with Crippen LogP contribution in [0.2, 0.25) is 0 Å². The average molecular weight is 196 g/mol. The van der Waals surface area contributed by atoms with Crippen LogP contribution in [-0.2, 0) is 0 Å². The first-order chi connectivity index (χ1) is 6.75. The molecule has 1 saturated heterocycles. The largest absolute Gasteiger partial charge is 0.462 e. The number of aromatic nitrogens is 1. The fraction of sp³-hybridized carbons (Fsp3) is 0.700. The molecule has 14 heavy (non-hydrogen) atoms. The fourth-order valence-corrected chi connectivity index (χ4v) is 1.78. The summed E-state index contributed by atoms with van der Waals surface area (Å²) in [6.07, 6.45) is 2.48. The molecular formula is C10H16N2O2. The summed E-state index contributed by atoms with van der Waals surface area (Å²) in [5, 5.41) is 3.77. The number of ether oxygens (including phenoxy) is 1. The number of likely N-dealkylation sites (tertiary alicyclic amines) is 1. The summed E-state index contributed by atoms with van der Waals surface area (Å²) in [5.74, 6) is 0.530. The van der Waals surface area contributed by atoms with Gasteiger partial charge in [0.1, 0.15) is 6.61 Å². The van der Waals surface area contributed by atoms with Crippen molar-refractivity contribution in [1.82, 2.24) is 10.1 Å². The van der Waals surface area contributed by atoms with Crippen LogP contribution < -0.4 is 4.74 Å². The fourth-order valence-electron chi connectivity index (χ4n) is 1.78. The number of rotatable bonds is 3. The van der Waals surface area contributed by atoms with E-state index in [4.69, 9.17) is 9.26 Å². The van der Waals surface area contributed by atoms with Crippen LogP contribution in [-0.4, -0.2) is 36.3 Å². The van der Waals surface area contributed by atoms with Gasteiger partial charge in [-0.15, -0.1) is 0 Å². The van der Waals surface area contributed by atoms with E-state index < -0.39 is 0 Å². The molecule has 0 amide bonds. The Morgan fingerprint density at radius 3 is 3.14 bits per heavy atom. The van der Waals surface area contributed by atoms with Gasteiger partial charge in [-0.1, -0.05) is 5.16 Å². The first kappa shape index (κ1) is 9.52. The predicted octanol–water partition coefficient (Wildman–Crippen LogP) is 1.46. The van der Waals surface area contributed by atoms with Crippen molar-refractivity contribution in [3.8, 4) is 5.95 Å². The van der Waals surface area contributed by atoms with Gasteiger partial charge in [-0.3, -0.25) is 0 Å². The molecule has 0 bridgehead atoms. The molecule has 1 atom stereocenters. The van der Waals surface area contributed by atoms with Crippen molar-refractivity contribution in [3.05, 3.63) is 11.8 Å². The van der Waals surface area contributed by atoms with Crippen molar-refractivity contribution in [2.75, 3.05) is 20.2 Å². The van der Waals surface area contributed by atoms with E-state index in [9.17, 15) is 0 Å². The zero-order valence-corrected chi connectivity index (χ0v) is 8.69. The molecule has 0 unspecified atom stereocenters. The van der Waals surface area contributed by atoms with Gasteiger partial charge in [0.05, 0.1) is 5.69 Å².